The molecule has 0 aliphatic heterocycles. The summed E-state index contributed by atoms with van der Waals surface area (Å²) in [5.74, 6) is 0.439. The highest BCUT2D eigenvalue weighted by Gasteiger charge is 2.13. The van der Waals surface area contributed by atoms with Crippen LogP contribution in [0.5, 0.6) is 11.5 Å². The number of amides is 1. The summed E-state index contributed by atoms with van der Waals surface area (Å²) in [5, 5.41) is 0. The predicted molar refractivity (Wildman–Crippen MR) is 78.2 cm³/mol. The monoisotopic (exact) mass is 304 g/mol. The number of hydrogen-bond acceptors (Lipinski definition) is 4. The van der Waals surface area contributed by atoms with Crippen molar-refractivity contribution in [3.63, 3.8) is 0 Å². The van der Waals surface area contributed by atoms with Crippen molar-refractivity contribution < 1.29 is 18.3 Å². The number of benzene rings is 2. The molecule has 2 aromatic carbocycles. The molecular weight excluding hydrogens is 290 g/mol. The molecule has 0 aliphatic rings. The fourth-order valence-electron chi connectivity index (χ4n) is 1.73. The van der Waals surface area contributed by atoms with Crippen LogP contribution in [0.4, 0.5) is 0 Å². The highest BCUT2D eigenvalue weighted by Crippen LogP contribution is 2.28. The van der Waals surface area contributed by atoms with Crippen LogP contribution in [0.2, 0.25) is 0 Å². The van der Waals surface area contributed by atoms with Gasteiger partial charge in [-0.05, 0) is 41.4 Å². The fraction of sp³-hybridized carbons (Fsp3) is 0.133. The minimum Gasteiger partial charge on any atom is -0.768 e. The van der Waals surface area contributed by atoms with Crippen molar-refractivity contribution >= 4 is 17.0 Å². The SMILES string of the molecule is CN(C)C(=O)c1ccc(Oc2ccccc2)c(S(=O)[O-])c1. The first-order chi connectivity index (χ1) is 9.99. The second-order valence-electron chi connectivity index (χ2n) is 4.51. The largest absolute Gasteiger partial charge is 0.768 e. The van der Waals surface area contributed by atoms with Crippen molar-refractivity contribution in [3.8, 4) is 11.5 Å². The first-order valence-corrected chi connectivity index (χ1v) is 7.24. The van der Waals surface area contributed by atoms with Gasteiger partial charge in [0.15, 0.2) is 0 Å². The number of nitrogens with zero attached hydrogens (tertiary/aromatic N) is 1. The molecule has 1 amide bonds. The first kappa shape index (κ1) is 15.2. The van der Waals surface area contributed by atoms with Crippen molar-refractivity contribution in [2.45, 2.75) is 4.90 Å². The van der Waals surface area contributed by atoms with Gasteiger partial charge in [0, 0.05) is 19.7 Å². The summed E-state index contributed by atoms with van der Waals surface area (Å²) in [4.78, 5) is 13.2. The van der Waals surface area contributed by atoms with Crippen molar-refractivity contribution in [1.29, 1.82) is 0 Å². The van der Waals surface area contributed by atoms with Crippen molar-refractivity contribution in [3.05, 3.63) is 54.1 Å². The zero-order valence-electron chi connectivity index (χ0n) is 11.6. The van der Waals surface area contributed by atoms with Crippen molar-refractivity contribution in [1.82, 2.24) is 4.90 Å². The van der Waals surface area contributed by atoms with Gasteiger partial charge < -0.3 is 14.2 Å². The Balaban J connectivity index is 2.38. The Kier molecular flexibility index (Phi) is 4.72. The third-order valence-corrected chi connectivity index (χ3v) is 3.43. The van der Waals surface area contributed by atoms with E-state index in [2.05, 4.69) is 0 Å². The van der Waals surface area contributed by atoms with E-state index in [0.717, 1.165) is 0 Å². The molecule has 1 atom stereocenters. The second-order valence-corrected chi connectivity index (χ2v) is 5.42. The van der Waals surface area contributed by atoms with E-state index in [0.29, 0.717) is 11.3 Å². The molecule has 0 saturated carbocycles. The molecule has 21 heavy (non-hydrogen) atoms. The van der Waals surface area contributed by atoms with Crippen LogP contribution in [-0.4, -0.2) is 33.7 Å². The molecule has 0 bridgehead atoms. The molecule has 2 aromatic rings. The third kappa shape index (κ3) is 3.68. The number of hydrogen-bond donors (Lipinski definition) is 0. The van der Waals surface area contributed by atoms with Crippen molar-refractivity contribution in [2.75, 3.05) is 14.1 Å². The summed E-state index contributed by atoms with van der Waals surface area (Å²) in [7, 11) is 3.20. The Morgan fingerprint density at radius 3 is 2.38 bits per heavy atom. The van der Waals surface area contributed by atoms with Gasteiger partial charge in [0.25, 0.3) is 5.91 Å². The summed E-state index contributed by atoms with van der Waals surface area (Å²) in [6.45, 7) is 0. The molecule has 0 fully saturated rings. The highest BCUT2D eigenvalue weighted by molar-refractivity contribution is 7.79. The lowest BCUT2D eigenvalue weighted by molar-refractivity contribution is 0.0827. The first-order valence-electron chi connectivity index (χ1n) is 6.17. The number of carbonyl (C=O) groups is 1. The van der Waals surface area contributed by atoms with E-state index < -0.39 is 11.1 Å². The average molecular weight is 304 g/mol. The summed E-state index contributed by atoms with van der Waals surface area (Å²) >= 11 is -2.50. The fourth-order valence-corrected chi connectivity index (χ4v) is 2.23. The van der Waals surface area contributed by atoms with Gasteiger partial charge in [-0.3, -0.25) is 9.00 Å². The maximum Gasteiger partial charge on any atom is 0.253 e. The molecule has 5 nitrogen and oxygen atoms in total. The van der Waals surface area contributed by atoms with E-state index in [1.807, 2.05) is 6.07 Å². The lowest BCUT2D eigenvalue weighted by atomic mass is 10.2. The molecule has 2 rings (SSSR count). The summed E-state index contributed by atoms with van der Waals surface area (Å²) in [6.07, 6.45) is 0. The number of carbonyl (C=O) groups excluding carboxylic acids is 1. The Morgan fingerprint density at radius 2 is 1.81 bits per heavy atom. The Hall–Kier alpha value is -2.18. The van der Waals surface area contributed by atoms with Gasteiger partial charge in [-0.25, -0.2) is 0 Å². The van der Waals surface area contributed by atoms with Crippen LogP contribution < -0.4 is 4.74 Å². The maximum absolute atomic E-state index is 11.9. The van der Waals surface area contributed by atoms with Crippen LogP contribution in [0.1, 0.15) is 10.4 Å². The molecule has 0 heterocycles. The standard InChI is InChI=1S/C15H15NO4S/c1-16(2)15(17)11-8-9-13(14(10-11)21(18)19)20-12-6-4-3-5-7-12/h3-10H,1-2H3,(H,18,19)/p-1. The van der Waals surface area contributed by atoms with E-state index in [1.54, 1.807) is 38.4 Å². The minimum atomic E-state index is -2.50. The molecule has 0 spiro atoms. The van der Waals surface area contributed by atoms with Crippen LogP contribution in [-0.2, 0) is 11.1 Å². The lowest BCUT2D eigenvalue weighted by Crippen LogP contribution is -2.21. The zero-order chi connectivity index (χ0) is 15.4. The van der Waals surface area contributed by atoms with E-state index in [9.17, 15) is 13.6 Å². The van der Waals surface area contributed by atoms with Gasteiger partial charge in [-0.1, -0.05) is 18.2 Å². The average Bonchev–Trinajstić information content (AvgIpc) is 2.47. The topological polar surface area (TPSA) is 69.7 Å². The summed E-state index contributed by atoms with van der Waals surface area (Å²) in [6, 6.07) is 13.2. The van der Waals surface area contributed by atoms with E-state index in [4.69, 9.17) is 4.74 Å². The van der Waals surface area contributed by atoms with E-state index in [1.165, 1.54) is 23.1 Å². The van der Waals surface area contributed by atoms with Crippen LogP contribution in [0.25, 0.3) is 0 Å². The molecule has 110 valence electrons. The van der Waals surface area contributed by atoms with Gasteiger partial charge in [-0.2, -0.15) is 0 Å². The molecule has 0 radical (unpaired) electrons. The molecule has 0 aromatic heterocycles. The van der Waals surface area contributed by atoms with Crippen molar-refractivity contribution in [2.24, 2.45) is 0 Å². The Labute approximate surface area is 125 Å². The molecule has 0 saturated heterocycles. The third-order valence-electron chi connectivity index (χ3n) is 2.75. The van der Waals surface area contributed by atoms with E-state index >= 15 is 0 Å². The Bertz CT molecular complexity index is 671. The second kappa shape index (κ2) is 6.51. The molecule has 0 aliphatic carbocycles. The molecular formula is C15H14NO4S-. The predicted octanol–water partition coefficient (Wildman–Crippen LogP) is 2.42. The van der Waals surface area contributed by atoms with Crippen LogP contribution in [0, 0.1) is 0 Å². The summed E-state index contributed by atoms with van der Waals surface area (Å²) < 4.78 is 28.3. The summed E-state index contributed by atoms with van der Waals surface area (Å²) in [5.41, 5.74) is 0.291. The highest BCUT2D eigenvalue weighted by atomic mass is 32.2. The molecule has 6 heteroatoms. The van der Waals surface area contributed by atoms with Gasteiger partial charge in [-0.15, -0.1) is 0 Å². The van der Waals surface area contributed by atoms with Gasteiger partial charge in [0.2, 0.25) is 0 Å². The molecule has 1 unspecified atom stereocenters. The number of rotatable bonds is 4. The smallest absolute Gasteiger partial charge is 0.253 e. The Morgan fingerprint density at radius 1 is 1.14 bits per heavy atom. The van der Waals surface area contributed by atoms with Gasteiger partial charge >= 0.3 is 0 Å². The van der Waals surface area contributed by atoms with Gasteiger partial charge in [0.1, 0.15) is 11.5 Å². The normalized spacial score (nSPS) is 11.8. The number of ether oxygens (including phenoxy) is 1. The van der Waals surface area contributed by atoms with Crippen LogP contribution in [0.3, 0.4) is 0 Å². The number of para-hydroxylation sites is 1. The lowest BCUT2D eigenvalue weighted by Gasteiger charge is -2.16. The maximum atomic E-state index is 11.9. The zero-order valence-corrected chi connectivity index (χ0v) is 12.4. The molecule has 0 N–H and O–H groups in total. The van der Waals surface area contributed by atoms with Gasteiger partial charge in [0.05, 0.1) is 4.90 Å². The minimum absolute atomic E-state index is 0.0495. The quantitative estimate of drug-likeness (QED) is 0.813. The van der Waals surface area contributed by atoms with Crippen LogP contribution in [0.15, 0.2) is 53.4 Å². The van der Waals surface area contributed by atoms with Crippen LogP contribution >= 0.6 is 0 Å². The van der Waals surface area contributed by atoms with E-state index in [-0.39, 0.29) is 16.6 Å².